The van der Waals surface area contributed by atoms with E-state index in [1.165, 1.54) is 36.3 Å². The summed E-state index contributed by atoms with van der Waals surface area (Å²) in [5.41, 5.74) is 2.81. The van der Waals surface area contributed by atoms with Gasteiger partial charge in [0.15, 0.2) is 11.2 Å². The molecular weight excluding hydrogens is 504 g/mol. The molecule has 0 radical (unpaired) electrons. The first-order valence-electron chi connectivity index (χ1n) is 14.7. The summed E-state index contributed by atoms with van der Waals surface area (Å²) in [5.74, 6) is 0.331. The van der Waals surface area contributed by atoms with E-state index >= 15 is 0 Å². The van der Waals surface area contributed by atoms with Crippen LogP contribution in [0.15, 0.2) is 52.1 Å². The minimum absolute atomic E-state index is 0.241. The number of allylic oxidation sites excluding steroid dienone is 1. The molecule has 212 valence electrons. The topological polar surface area (TPSA) is 99.1 Å². The highest BCUT2D eigenvalue weighted by Crippen LogP contribution is 2.29. The molecule has 3 aromatic rings. The Morgan fingerprint density at radius 1 is 0.925 bits per heavy atom. The van der Waals surface area contributed by atoms with E-state index in [1.54, 1.807) is 4.57 Å². The lowest BCUT2D eigenvalue weighted by Crippen LogP contribution is -2.43. The molecule has 0 saturated heterocycles. The van der Waals surface area contributed by atoms with E-state index in [9.17, 15) is 14.4 Å². The van der Waals surface area contributed by atoms with Crippen LogP contribution in [0.2, 0.25) is 0 Å². The number of carboxylic acids is 1. The lowest BCUT2D eigenvalue weighted by Gasteiger charge is -2.25. The molecule has 5 rings (SSSR count). The van der Waals surface area contributed by atoms with E-state index in [-0.39, 0.29) is 11.2 Å². The number of aliphatic carboxylic acids is 1. The highest BCUT2D eigenvalue weighted by Gasteiger charge is 2.26. The molecule has 2 fully saturated rings. The van der Waals surface area contributed by atoms with Crippen LogP contribution < -0.4 is 11.2 Å². The molecule has 2 saturated carbocycles. The molecule has 1 aromatic carbocycles. The Morgan fingerprint density at radius 3 is 2.05 bits per heavy atom. The number of imidazole rings is 1. The third-order valence-corrected chi connectivity index (χ3v) is 8.46. The molecule has 2 aliphatic rings. The van der Waals surface area contributed by atoms with Crippen LogP contribution in [-0.4, -0.2) is 29.8 Å². The monoisotopic (exact) mass is 544 g/mol. The number of hydrogen-bond donors (Lipinski definition) is 1. The maximum atomic E-state index is 14.1. The van der Waals surface area contributed by atoms with Crippen molar-refractivity contribution in [1.82, 2.24) is 18.7 Å². The first kappa shape index (κ1) is 27.9. The van der Waals surface area contributed by atoms with Gasteiger partial charge >= 0.3 is 11.7 Å². The molecule has 2 aromatic heterocycles. The van der Waals surface area contributed by atoms with Crippen molar-refractivity contribution in [1.29, 1.82) is 0 Å². The summed E-state index contributed by atoms with van der Waals surface area (Å²) in [6.07, 6.45) is 14.0. The first-order valence-corrected chi connectivity index (χ1v) is 14.7. The summed E-state index contributed by atoms with van der Waals surface area (Å²) in [7, 11) is 0. The zero-order valence-corrected chi connectivity index (χ0v) is 23.5. The van der Waals surface area contributed by atoms with Gasteiger partial charge in [-0.25, -0.2) is 14.6 Å². The van der Waals surface area contributed by atoms with Gasteiger partial charge in [0.05, 0.1) is 0 Å². The SMILES string of the molecule is C=C(C)Cn1c(-c2ccc(/C=C/C(=O)O)cc2)nc2c1c(=O)n(CC1CCCCC1)c(=O)n2CC1CCCCC1. The van der Waals surface area contributed by atoms with Gasteiger partial charge in [0.25, 0.3) is 5.56 Å². The van der Waals surface area contributed by atoms with Crippen molar-refractivity contribution in [2.24, 2.45) is 11.8 Å². The van der Waals surface area contributed by atoms with Gasteiger partial charge in [-0.2, -0.15) is 0 Å². The molecular formula is C32H40N4O4. The number of fused-ring (bicyclic) bond motifs is 1. The Kier molecular flexibility index (Phi) is 8.52. The third kappa shape index (κ3) is 6.06. The Hall–Kier alpha value is -3.68. The molecule has 0 unspecified atom stereocenters. The number of rotatable bonds is 9. The van der Waals surface area contributed by atoms with Crippen LogP contribution in [0.4, 0.5) is 0 Å². The number of carboxylic acid groups (broad SMARTS) is 1. The standard InChI is InChI=1S/C32H40N4O4/c1-22(2)19-34-28-30(33-29(34)26-16-13-23(14-17-26)15-18-27(37)38)35(20-24-9-5-3-6-10-24)32(40)36(31(28)39)21-25-11-7-4-8-12-25/h13-18,24-25H,1,3-12,19-21H2,2H3,(H,37,38)/b18-15+. The van der Waals surface area contributed by atoms with E-state index in [0.717, 1.165) is 61.3 Å². The Balaban J connectivity index is 1.68. The number of nitrogens with zero attached hydrogens (tertiary/aromatic N) is 4. The second kappa shape index (κ2) is 12.2. The number of carbonyl (C=O) groups is 1. The average Bonchev–Trinajstić information content (AvgIpc) is 3.32. The molecule has 2 aliphatic carbocycles. The van der Waals surface area contributed by atoms with Gasteiger partial charge in [-0.3, -0.25) is 13.9 Å². The van der Waals surface area contributed by atoms with Gasteiger partial charge in [-0.1, -0.05) is 74.9 Å². The highest BCUT2D eigenvalue weighted by atomic mass is 16.4. The second-order valence-electron chi connectivity index (χ2n) is 11.8. The first-order chi connectivity index (χ1) is 19.3. The van der Waals surface area contributed by atoms with Gasteiger partial charge in [-0.15, -0.1) is 0 Å². The van der Waals surface area contributed by atoms with Crippen molar-refractivity contribution in [3.8, 4) is 11.4 Å². The van der Waals surface area contributed by atoms with Crippen LogP contribution in [0.3, 0.4) is 0 Å². The zero-order valence-electron chi connectivity index (χ0n) is 23.5. The van der Waals surface area contributed by atoms with Crippen molar-refractivity contribution >= 4 is 23.2 Å². The van der Waals surface area contributed by atoms with Crippen LogP contribution in [-0.2, 0) is 24.4 Å². The average molecular weight is 545 g/mol. The van der Waals surface area contributed by atoms with Crippen LogP contribution in [0.5, 0.6) is 0 Å². The van der Waals surface area contributed by atoms with Gasteiger partial charge in [0, 0.05) is 31.3 Å². The van der Waals surface area contributed by atoms with Crippen molar-refractivity contribution in [2.45, 2.75) is 90.8 Å². The number of aromatic nitrogens is 4. The Labute approximate surface area is 234 Å². The van der Waals surface area contributed by atoms with E-state index < -0.39 is 5.97 Å². The summed E-state index contributed by atoms with van der Waals surface area (Å²) in [4.78, 5) is 44.0. The largest absolute Gasteiger partial charge is 0.478 e. The second-order valence-corrected chi connectivity index (χ2v) is 11.8. The molecule has 1 N–H and O–H groups in total. The summed E-state index contributed by atoms with van der Waals surface area (Å²) in [6, 6.07) is 7.41. The normalized spacial score (nSPS) is 17.1. The van der Waals surface area contributed by atoms with E-state index in [1.807, 2.05) is 35.8 Å². The summed E-state index contributed by atoms with van der Waals surface area (Å²) < 4.78 is 5.18. The van der Waals surface area contributed by atoms with E-state index in [0.29, 0.717) is 48.5 Å². The van der Waals surface area contributed by atoms with Crippen LogP contribution >= 0.6 is 0 Å². The molecule has 0 aliphatic heterocycles. The fraction of sp³-hybridized carbons (Fsp3) is 0.500. The molecule has 0 bridgehead atoms. The van der Waals surface area contributed by atoms with Crippen molar-refractivity contribution < 1.29 is 9.90 Å². The van der Waals surface area contributed by atoms with Gasteiger partial charge in [0.1, 0.15) is 5.82 Å². The summed E-state index contributed by atoms with van der Waals surface area (Å²) in [5, 5.41) is 8.96. The van der Waals surface area contributed by atoms with Crippen LogP contribution in [0.1, 0.15) is 76.7 Å². The Morgan fingerprint density at radius 2 is 1.50 bits per heavy atom. The minimum Gasteiger partial charge on any atom is -0.478 e. The minimum atomic E-state index is -1.01. The quantitative estimate of drug-likeness (QED) is 0.269. The molecule has 0 spiro atoms. The van der Waals surface area contributed by atoms with Crippen LogP contribution in [0.25, 0.3) is 28.6 Å². The van der Waals surface area contributed by atoms with Crippen LogP contribution in [0, 0.1) is 11.8 Å². The molecule has 0 atom stereocenters. The summed E-state index contributed by atoms with van der Waals surface area (Å²) >= 11 is 0. The molecule has 40 heavy (non-hydrogen) atoms. The fourth-order valence-electron chi connectivity index (χ4n) is 6.43. The smallest absolute Gasteiger partial charge is 0.332 e. The van der Waals surface area contributed by atoms with Crippen molar-refractivity contribution in [2.75, 3.05) is 0 Å². The van der Waals surface area contributed by atoms with Gasteiger partial charge in [-0.05, 0) is 56.1 Å². The van der Waals surface area contributed by atoms with E-state index in [4.69, 9.17) is 10.1 Å². The maximum Gasteiger partial charge on any atom is 0.332 e. The van der Waals surface area contributed by atoms with Crippen molar-refractivity contribution in [3.05, 3.63) is 68.9 Å². The number of benzene rings is 1. The van der Waals surface area contributed by atoms with Gasteiger partial charge < -0.3 is 9.67 Å². The maximum absolute atomic E-state index is 14.1. The molecule has 0 amide bonds. The van der Waals surface area contributed by atoms with Crippen molar-refractivity contribution in [3.63, 3.8) is 0 Å². The third-order valence-electron chi connectivity index (χ3n) is 8.46. The number of hydrogen-bond acceptors (Lipinski definition) is 4. The lowest BCUT2D eigenvalue weighted by atomic mass is 9.89. The van der Waals surface area contributed by atoms with Gasteiger partial charge in [0.2, 0.25) is 0 Å². The molecule has 8 nitrogen and oxygen atoms in total. The molecule has 8 heteroatoms. The Bertz CT molecular complexity index is 1530. The highest BCUT2D eigenvalue weighted by molar-refractivity contribution is 5.85. The zero-order chi connectivity index (χ0) is 28.2. The molecule has 2 heterocycles. The summed E-state index contributed by atoms with van der Waals surface area (Å²) in [6.45, 7) is 7.48. The fourth-order valence-corrected chi connectivity index (χ4v) is 6.43. The predicted octanol–water partition coefficient (Wildman–Crippen LogP) is 5.86. The lowest BCUT2D eigenvalue weighted by molar-refractivity contribution is -0.131. The predicted molar refractivity (Wildman–Crippen MR) is 158 cm³/mol. The van der Waals surface area contributed by atoms with E-state index in [2.05, 4.69) is 6.58 Å².